The molecule has 28 heavy (non-hydrogen) atoms. The summed E-state index contributed by atoms with van der Waals surface area (Å²) < 4.78 is 0. The number of hydrogen-bond donors (Lipinski definition) is 1. The van der Waals surface area contributed by atoms with Crippen LogP contribution in [0.15, 0.2) is 60.0 Å². The number of carbonyl (C=O) groups excluding carboxylic acids is 3. The van der Waals surface area contributed by atoms with Gasteiger partial charge in [0.05, 0.1) is 16.8 Å². The first-order chi connectivity index (χ1) is 13.5. The Labute approximate surface area is 165 Å². The van der Waals surface area contributed by atoms with Gasteiger partial charge in [-0.2, -0.15) is 0 Å². The van der Waals surface area contributed by atoms with Crippen molar-refractivity contribution in [2.75, 3.05) is 5.32 Å². The molecule has 0 fully saturated rings. The predicted octanol–water partition coefficient (Wildman–Crippen LogP) is 3.30. The molecule has 1 aliphatic heterocycles. The first-order valence-electron chi connectivity index (χ1n) is 8.78. The third kappa shape index (κ3) is 3.32. The number of thiazole rings is 1. The van der Waals surface area contributed by atoms with Crippen LogP contribution in [0.5, 0.6) is 0 Å². The Balaban J connectivity index is 1.68. The van der Waals surface area contributed by atoms with Gasteiger partial charge in [-0.15, -0.1) is 11.3 Å². The molecule has 3 amide bonds. The summed E-state index contributed by atoms with van der Waals surface area (Å²) in [7, 11) is 0. The van der Waals surface area contributed by atoms with Crippen LogP contribution in [0.1, 0.15) is 32.0 Å². The molecule has 0 bridgehead atoms. The smallest absolute Gasteiger partial charge is 0.262 e. The first kappa shape index (κ1) is 18.1. The van der Waals surface area contributed by atoms with E-state index in [4.69, 9.17) is 0 Å². The maximum atomic E-state index is 13.1. The molecule has 1 aromatic heterocycles. The zero-order valence-electron chi connectivity index (χ0n) is 15.1. The Hall–Kier alpha value is -3.32. The standard InChI is InChI=1S/C21H17N3O3S/c1-13-12-28-21(22-13)23-18(25)17(11-14-7-3-2-4-8-14)24-19(26)15-9-5-6-10-16(15)20(24)27/h2-10,12,17H,11H2,1H3,(H,22,23,25)/t17-/m1/s1. The summed E-state index contributed by atoms with van der Waals surface area (Å²) in [4.78, 5) is 44.2. The van der Waals surface area contributed by atoms with Crippen molar-refractivity contribution in [3.05, 3.63) is 82.4 Å². The van der Waals surface area contributed by atoms with Crippen molar-refractivity contribution < 1.29 is 14.4 Å². The number of nitrogens with one attached hydrogen (secondary N) is 1. The fraction of sp³-hybridized carbons (Fsp3) is 0.143. The number of nitrogens with zero attached hydrogens (tertiary/aromatic N) is 2. The van der Waals surface area contributed by atoms with E-state index in [1.807, 2.05) is 42.6 Å². The van der Waals surface area contributed by atoms with E-state index in [9.17, 15) is 14.4 Å². The predicted molar refractivity (Wildman–Crippen MR) is 106 cm³/mol. The molecule has 2 aromatic carbocycles. The van der Waals surface area contributed by atoms with Gasteiger partial charge in [-0.25, -0.2) is 4.98 Å². The molecule has 0 saturated carbocycles. The van der Waals surface area contributed by atoms with E-state index in [2.05, 4.69) is 10.3 Å². The second-order valence-electron chi connectivity index (χ2n) is 6.51. The molecule has 7 heteroatoms. The quantitative estimate of drug-likeness (QED) is 0.677. The normalized spacial score (nSPS) is 14.1. The molecule has 6 nitrogen and oxygen atoms in total. The van der Waals surface area contributed by atoms with Gasteiger partial charge in [0.1, 0.15) is 6.04 Å². The zero-order chi connectivity index (χ0) is 19.7. The summed E-state index contributed by atoms with van der Waals surface area (Å²) in [6, 6.07) is 15.0. The van der Waals surface area contributed by atoms with Gasteiger partial charge in [0.15, 0.2) is 5.13 Å². The summed E-state index contributed by atoms with van der Waals surface area (Å²) in [5.41, 5.74) is 2.29. The lowest BCUT2D eigenvalue weighted by molar-refractivity contribution is -0.119. The van der Waals surface area contributed by atoms with E-state index in [1.54, 1.807) is 24.3 Å². The zero-order valence-corrected chi connectivity index (χ0v) is 15.9. The summed E-state index contributed by atoms with van der Waals surface area (Å²) in [6.07, 6.45) is 0.225. The van der Waals surface area contributed by atoms with Gasteiger partial charge in [-0.3, -0.25) is 19.3 Å². The number of aryl methyl sites for hydroxylation is 1. The van der Waals surface area contributed by atoms with Crippen molar-refractivity contribution in [1.82, 2.24) is 9.88 Å². The van der Waals surface area contributed by atoms with Gasteiger partial charge in [0, 0.05) is 11.8 Å². The second-order valence-corrected chi connectivity index (χ2v) is 7.37. The monoisotopic (exact) mass is 391 g/mol. The maximum Gasteiger partial charge on any atom is 0.262 e. The van der Waals surface area contributed by atoms with Gasteiger partial charge in [-0.1, -0.05) is 42.5 Å². The maximum absolute atomic E-state index is 13.1. The van der Waals surface area contributed by atoms with Gasteiger partial charge >= 0.3 is 0 Å². The molecule has 1 aliphatic rings. The molecule has 140 valence electrons. The highest BCUT2D eigenvalue weighted by molar-refractivity contribution is 7.13. The van der Waals surface area contributed by atoms with Crippen molar-refractivity contribution in [2.24, 2.45) is 0 Å². The van der Waals surface area contributed by atoms with Crippen LogP contribution in [0.2, 0.25) is 0 Å². The molecule has 2 heterocycles. The van der Waals surface area contributed by atoms with E-state index in [1.165, 1.54) is 11.3 Å². The van der Waals surface area contributed by atoms with Gasteiger partial charge < -0.3 is 5.32 Å². The lowest BCUT2D eigenvalue weighted by atomic mass is 10.0. The highest BCUT2D eigenvalue weighted by Gasteiger charge is 2.42. The number of anilines is 1. The van der Waals surface area contributed by atoms with Gasteiger partial charge in [0.25, 0.3) is 11.8 Å². The van der Waals surface area contributed by atoms with E-state index in [-0.39, 0.29) is 6.42 Å². The molecular formula is C21H17N3O3S. The van der Waals surface area contributed by atoms with Gasteiger partial charge in [0.2, 0.25) is 5.91 Å². The average Bonchev–Trinajstić information content (AvgIpc) is 3.22. The number of imide groups is 1. The Morgan fingerprint density at radius 3 is 2.21 bits per heavy atom. The minimum absolute atomic E-state index is 0.225. The molecule has 0 radical (unpaired) electrons. The highest BCUT2D eigenvalue weighted by atomic mass is 32.1. The van der Waals surface area contributed by atoms with Crippen molar-refractivity contribution in [1.29, 1.82) is 0 Å². The summed E-state index contributed by atoms with van der Waals surface area (Å²) in [5, 5.41) is 5.02. The lowest BCUT2D eigenvalue weighted by Gasteiger charge is -2.25. The second kappa shape index (κ2) is 7.36. The number of carbonyl (C=O) groups is 3. The number of aromatic nitrogens is 1. The van der Waals surface area contributed by atoms with Crippen LogP contribution in [0, 0.1) is 6.92 Å². The topological polar surface area (TPSA) is 79.4 Å². The third-order valence-corrected chi connectivity index (χ3v) is 5.44. The van der Waals surface area contributed by atoms with Crippen LogP contribution < -0.4 is 5.32 Å². The van der Waals surface area contributed by atoms with Crippen LogP contribution in [-0.4, -0.2) is 33.6 Å². The fourth-order valence-electron chi connectivity index (χ4n) is 3.23. The number of rotatable bonds is 5. The van der Waals surface area contributed by atoms with Crippen LogP contribution in [0.25, 0.3) is 0 Å². The lowest BCUT2D eigenvalue weighted by Crippen LogP contribution is -2.48. The van der Waals surface area contributed by atoms with Crippen LogP contribution in [0.3, 0.4) is 0 Å². The number of benzene rings is 2. The molecule has 1 N–H and O–H groups in total. The fourth-order valence-corrected chi connectivity index (χ4v) is 3.92. The van der Waals surface area contributed by atoms with Gasteiger partial charge in [-0.05, 0) is 24.6 Å². The Kier molecular flexibility index (Phi) is 4.75. The van der Waals surface area contributed by atoms with E-state index in [0.29, 0.717) is 16.3 Å². The summed E-state index contributed by atoms with van der Waals surface area (Å²) in [5.74, 6) is -1.34. The number of fused-ring (bicyclic) bond motifs is 1. The molecule has 0 unspecified atom stereocenters. The van der Waals surface area contributed by atoms with Crippen LogP contribution in [-0.2, 0) is 11.2 Å². The van der Waals surface area contributed by atoms with Crippen LogP contribution >= 0.6 is 11.3 Å². The van der Waals surface area contributed by atoms with Crippen molar-refractivity contribution >= 4 is 34.2 Å². The highest BCUT2D eigenvalue weighted by Crippen LogP contribution is 2.27. The SMILES string of the molecule is Cc1csc(NC(=O)[C@@H](Cc2ccccc2)N2C(=O)c3ccccc3C2=O)n1. The minimum Gasteiger partial charge on any atom is -0.300 e. The molecule has 4 rings (SSSR count). The molecule has 0 saturated heterocycles. The molecular weight excluding hydrogens is 374 g/mol. The van der Waals surface area contributed by atoms with E-state index in [0.717, 1.165) is 16.2 Å². The average molecular weight is 391 g/mol. The molecule has 0 spiro atoms. The molecule has 3 aromatic rings. The minimum atomic E-state index is -0.973. The van der Waals surface area contributed by atoms with Crippen molar-refractivity contribution in [3.63, 3.8) is 0 Å². The van der Waals surface area contributed by atoms with E-state index < -0.39 is 23.8 Å². The molecule has 1 atom stereocenters. The third-order valence-electron chi connectivity index (χ3n) is 4.56. The Bertz CT molecular complexity index is 1030. The molecule has 0 aliphatic carbocycles. The largest absolute Gasteiger partial charge is 0.300 e. The van der Waals surface area contributed by atoms with E-state index >= 15 is 0 Å². The Morgan fingerprint density at radius 1 is 1.04 bits per heavy atom. The van der Waals surface area contributed by atoms with Crippen LogP contribution in [0.4, 0.5) is 5.13 Å². The number of hydrogen-bond acceptors (Lipinski definition) is 5. The Morgan fingerprint density at radius 2 is 1.64 bits per heavy atom. The van der Waals surface area contributed by atoms with Crippen molar-refractivity contribution in [3.8, 4) is 0 Å². The number of amides is 3. The summed E-state index contributed by atoms with van der Waals surface area (Å²) >= 11 is 1.30. The summed E-state index contributed by atoms with van der Waals surface area (Å²) in [6.45, 7) is 1.83. The van der Waals surface area contributed by atoms with Crippen molar-refractivity contribution in [2.45, 2.75) is 19.4 Å². The first-order valence-corrected chi connectivity index (χ1v) is 9.66.